The zero-order valence-corrected chi connectivity index (χ0v) is 11.8. The Morgan fingerprint density at radius 3 is 2.74 bits per heavy atom. The minimum atomic E-state index is -0.303. The van der Waals surface area contributed by atoms with Gasteiger partial charge in [0.2, 0.25) is 5.95 Å². The second-order valence-corrected chi connectivity index (χ2v) is 5.25. The van der Waals surface area contributed by atoms with E-state index in [0.29, 0.717) is 10.4 Å². The van der Waals surface area contributed by atoms with E-state index < -0.39 is 0 Å². The van der Waals surface area contributed by atoms with Gasteiger partial charge in [0, 0.05) is 0 Å². The number of aromatic nitrogens is 2. The van der Waals surface area contributed by atoms with Gasteiger partial charge in [-0.1, -0.05) is 6.07 Å². The molecule has 1 heterocycles. The van der Waals surface area contributed by atoms with Crippen molar-refractivity contribution < 1.29 is 4.39 Å². The first-order valence-electron chi connectivity index (χ1n) is 5.76. The molecule has 2 N–H and O–H groups in total. The highest BCUT2D eigenvalue weighted by Crippen LogP contribution is 2.26. The van der Waals surface area contributed by atoms with Gasteiger partial charge in [0.05, 0.1) is 21.2 Å². The molecule has 0 saturated heterocycles. The SMILES string of the molecule is Cc1ccc2c(c1)nc(N)n2-c1ccc(F)c(Br)c1. The molecular formula is C14H11BrFN3. The molecule has 1 aromatic heterocycles. The monoisotopic (exact) mass is 319 g/mol. The fourth-order valence-corrected chi connectivity index (χ4v) is 2.47. The van der Waals surface area contributed by atoms with Crippen LogP contribution >= 0.6 is 15.9 Å². The van der Waals surface area contributed by atoms with E-state index in [0.717, 1.165) is 22.3 Å². The first-order chi connectivity index (χ1) is 9.06. The number of hydrogen-bond acceptors (Lipinski definition) is 2. The van der Waals surface area contributed by atoms with Crippen molar-refractivity contribution in [1.82, 2.24) is 9.55 Å². The van der Waals surface area contributed by atoms with Crippen molar-refractivity contribution >= 4 is 32.9 Å². The number of rotatable bonds is 1. The third-order valence-corrected chi connectivity index (χ3v) is 3.61. The fraction of sp³-hybridized carbons (Fsp3) is 0.0714. The van der Waals surface area contributed by atoms with Crippen molar-refractivity contribution in [2.24, 2.45) is 0 Å². The van der Waals surface area contributed by atoms with Gasteiger partial charge in [0.15, 0.2) is 0 Å². The van der Waals surface area contributed by atoms with Crippen LogP contribution in [0.25, 0.3) is 16.7 Å². The molecule has 19 heavy (non-hydrogen) atoms. The summed E-state index contributed by atoms with van der Waals surface area (Å²) >= 11 is 3.18. The summed E-state index contributed by atoms with van der Waals surface area (Å²) < 4.78 is 15.5. The average molecular weight is 320 g/mol. The van der Waals surface area contributed by atoms with E-state index >= 15 is 0 Å². The molecule has 0 aliphatic carbocycles. The van der Waals surface area contributed by atoms with Crippen LogP contribution in [0.5, 0.6) is 0 Å². The quantitative estimate of drug-likeness (QED) is 0.741. The van der Waals surface area contributed by atoms with E-state index in [2.05, 4.69) is 20.9 Å². The number of fused-ring (bicyclic) bond motifs is 1. The van der Waals surface area contributed by atoms with Crippen molar-refractivity contribution in [2.45, 2.75) is 6.92 Å². The zero-order valence-electron chi connectivity index (χ0n) is 10.2. The molecule has 0 bridgehead atoms. The first-order valence-corrected chi connectivity index (χ1v) is 6.55. The number of benzene rings is 2. The van der Waals surface area contributed by atoms with Gasteiger partial charge in [-0.2, -0.15) is 0 Å². The van der Waals surface area contributed by atoms with Gasteiger partial charge in [-0.3, -0.25) is 4.57 Å². The second kappa shape index (κ2) is 4.35. The van der Waals surface area contributed by atoms with Crippen LogP contribution in [0, 0.1) is 12.7 Å². The van der Waals surface area contributed by atoms with Crippen molar-refractivity contribution in [1.29, 1.82) is 0 Å². The molecule has 0 amide bonds. The highest BCUT2D eigenvalue weighted by Gasteiger charge is 2.11. The maximum Gasteiger partial charge on any atom is 0.205 e. The summed E-state index contributed by atoms with van der Waals surface area (Å²) in [6.07, 6.45) is 0. The molecule has 0 unspecified atom stereocenters. The number of nitrogens with two attached hydrogens (primary N) is 1. The number of nitrogen functional groups attached to an aromatic ring is 1. The largest absolute Gasteiger partial charge is 0.369 e. The van der Waals surface area contributed by atoms with Crippen LogP contribution in [0.3, 0.4) is 0 Å². The smallest absolute Gasteiger partial charge is 0.205 e. The summed E-state index contributed by atoms with van der Waals surface area (Å²) in [4.78, 5) is 4.33. The van der Waals surface area contributed by atoms with Crippen LogP contribution in [0.4, 0.5) is 10.3 Å². The van der Waals surface area contributed by atoms with E-state index in [1.54, 1.807) is 16.7 Å². The number of aryl methyl sites for hydroxylation is 1. The number of hydrogen-bond donors (Lipinski definition) is 1. The first kappa shape index (κ1) is 12.2. The molecule has 0 fully saturated rings. The minimum absolute atomic E-state index is 0.303. The van der Waals surface area contributed by atoms with Crippen LogP contribution in [-0.2, 0) is 0 Å². The van der Waals surface area contributed by atoms with E-state index in [4.69, 9.17) is 5.73 Å². The summed E-state index contributed by atoms with van der Waals surface area (Å²) in [6, 6.07) is 10.7. The molecule has 96 valence electrons. The van der Waals surface area contributed by atoms with Crippen LogP contribution in [-0.4, -0.2) is 9.55 Å². The molecular weight excluding hydrogens is 309 g/mol. The predicted molar refractivity (Wildman–Crippen MR) is 77.9 cm³/mol. The van der Waals surface area contributed by atoms with Gasteiger partial charge in [-0.25, -0.2) is 9.37 Å². The molecule has 5 heteroatoms. The number of anilines is 1. The lowest BCUT2D eigenvalue weighted by atomic mass is 10.2. The van der Waals surface area contributed by atoms with Crippen molar-refractivity contribution in [3.05, 3.63) is 52.3 Å². The highest BCUT2D eigenvalue weighted by atomic mass is 79.9. The maximum absolute atomic E-state index is 13.3. The number of imidazole rings is 1. The predicted octanol–water partition coefficient (Wildman–Crippen LogP) is 3.82. The number of halogens is 2. The molecule has 0 atom stereocenters. The molecule has 0 radical (unpaired) electrons. The van der Waals surface area contributed by atoms with Crippen LogP contribution in [0.1, 0.15) is 5.56 Å². The highest BCUT2D eigenvalue weighted by molar-refractivity contribution is 9.10. The van der Waals surface area contributed by atoms with Crippen molar-refractivity contribution in [3.8, 4) is 5.69 Å². The van der Waals surface area contributed by atoms with E-state index in [1.165, 1.54) is 6.07 Å². The molecule has 0 spiro atoms. The lowest BCUT2D eigenvalue weighted by Crippen LogP contribution is -2.00. The van der Waals surface area contributed by atoms with Gasteiger partial charge in [0.25, 0.3) is 0 Å². The van der Waals surface area contributed by atoms with E-state index in [-0.39, 0.29) is 5.82 Å². The summed E-state index contributed by atoms with van der Waals surface area (Å²) in [5, 5.41) is 0. The Morgan fingerprint density at radius 1 is 1.21 bits per heavy atom. The Bertz CT molecular complexity index is 780. The summed E-state index contributed by atoms with van der Waals surface area (Å²) in [5.41, 5.74) is 9.60. The van der Waals surface area contributed by atoms with Gasteiger partial charge in [-0.05, 0) is 58.7 Å². The Labute approximate surface area is 118 Å². The van der Waals surface area contributed by atoms with Crippen molar-refractivity contribution in [3.63, 3.8) is 0 Å². The topological polar surface area (TPSA) is 43.8 Å². The van der Waals surface area contributed by atoms with Crippen LogP contribution in [0.15, 0.2) is 40.9 Å². The molecule has 3 aromatic rings. The maximum atomic E-state index is 13.3. The Morgan fingerprint density at radius 2 is 2.00 bits per heavy atom. The van der Waals surface area contributed by atoms with Gasteiger partial charge in [-0.15, -0.1) is 0 Å². The lowest BCUT2D eigenvalue weighted by Gasteiger charge is -2.07. The van der Waals surface area contributed by atoms with E-state index in [1.807, 2.05) is 25.1 Å². The zero-order chi connectivity index (χ0) is 13.6. The average Bonchev–Trinajstić information content (AvgIpc) is 2.68. The lowest BCUT2D eigenvalue weighted by molar-refractivity contribution is 0.620. The normalized spacial score (nSPS) is 11.1. The van der Waals surface area contributed by atoms with Crippen LogP contribution in [0.2, 0.25) is 0 Å². The summed E-state index contributed by atoms with van der Waals surface area (Å²) in [6.45, 7) is 2.00. The molecule has 2 aromatic carbocycles. The molecule has 0 aliphatic heterocycles. The Kier molecular flexibility index (Phi) is 2.78. The second-order valence-electron chi connectivity index (χ2n) is 4.40. The summed E-state index contributed by atoms with van der Waals surface area (Å²) in [7, 11) is 0. The van der Waals surface area contributed by atoms with Gasteiger partial charge < -0.3 is 5.73 Å². The van der Waals surface area contributed by atoms with Gasteiger partial charge in [0.1, 0.15) is 5.82 Å². The van der Waals surface area contributed by atoms with Crippen molar-refractivity contribution in [2.75, 3.05) is 5.73 Å². The number of nitrogens with zero attached hydrogens (tertiary/aromatic N) is 2. The Hall–Kier alpha value is -1.88. The van der Waals surface area contributed by atoms with Gasteiger partial charge >= 0.3 is 0 Å². The standard InChI is InChI=1S/C14H11BrFN3/c1-8-2-5-13-12(6-8)18-14(17)19(13)9-3-4-11(16)10(15)7-9/h2-7H,1H3,(H2,17,18). The molecule has 3 rings (SSSR count). The molecule has 0 aliphatic rings. The van der Waals surface area contributed by atoms with E-state index in [9.17, 15) is 4.39 Å². The third kappa shape index (κ3) is 2.00. The fourth-order valence-electron chi connectivity index (χ4n) is 2.10. The Balaban J connectivity index is 2.29. The third-order valence-electron chi connectivity index (χ3n) is 3.00. The molecule has 3 nitrogen and oxygen atoms in total. The summed E-state index contributed by atoms with van der Waals surface area (Å²) in [5.74, 6) is 0.0849. The molecule has 0 saturated carbocycles. The van der Waals surface area contributed by atoms with Crippen LogP contribution < -0.4 is 5.73 Å². The minimum Gasteiger partial charge on any atom is -0.369 e.